The molecule has 0 radical (unpaired) electrons. The fourth-order valence-electron chi connectivity index (χ4n) is 2.02. The van der Waals surface area contributed by atoms with Crippen LogP contribution in [0.4, 0.5) is 10.6 Å². The zero-order valence-electron chi connectivity index (χ0n) is 9.44. The number of pyridine rings is 1. The van der Waals surface area contributed by atoms with Gasteiger partial charge in [-0.3, -0.25) is 4.79 Å². The lowest BCUT2D eigenvalue weighted by Crippen LogP contribution is -2.53. The number of hydrogen-bond donors (Lipinski definition) is 0. The van der Waals surface area contributed by atoms with Gasteiger partial charge in [0.2, 0.25) is 0 Å². The maximum Gasteiger partial charge on any atom is 0.316 e. The summed E-state index contributed by atoms with van der Waals surface area (Å²) in [5.74, 6) is 0.766. The van der Waals surface area contributed by atoms with Crippen molar-refractivity contribution in [1.82, 2.24) is 9.88 Å². The first-order chi connectivity index (χ1) is 8.09. The van der Waals surface area contributed by atoms with Crippen LogP contribution in [-0.2, 0) is 0 Å². The van der Waals surface area contributed by atoms with Gasteiger partial charge in [-0.25, -0.2) is 4.98 Å². The van der Waals surface area contributed by atoms with Gasteiger partial charge in [-0.15, -0.1) is 0 Å². The van der Waals surface area contributed by atoms with Crippen LogP contribution < -0.4 is 4.90 Å². The highest BCUT2D eigenvalue weighted by Gasteiger charge is 2.27. The summed E-state index contributed by atoms with van der Waals surface area (Å²) in [6.45, 7) is 3.94. The molecule has 1 atom stereocenters. The van der Waals surface area contributed by atoms with E-state index in [-0.39, 0.29) is 6.04 Å². The smallest absolute Gasteiger partial charge is 0.316 e. The molecular weight excluding hydrogens is 261 g/mol. The van der Waals surface area contributed by atoms with E-state index >= 15 is 0 Å². The number of nitrogens with zero attached hydrogens (tertiary/aromatic N) is 3. The second kappa shape index (κ2) is 5.10. The summed E-state index contributed by atoms with van der Waals surface area (Å²) in [5.41, 5.74) is 0. The van der Waals surface area contributed by atoms with Crippen LogP contribution in [0.2, 0.25) is 5.02 Å². The highest BCUT2D eigenvalue weighted by Crippen LogP contribution is 2.25. The Morgan fingerprint density at radius 2 is 2.29 bits per heavy atom. The number of halogens is 2. The second-order valence-electron chi connectivity index (χ2n) is 4.05. The molecule has 0 spiro atoms. The summed E-state index contributed by atoms with van der Waals surface area (Å²) in [7, 11) is 0. The Morgan fingerprint density at radius 1 is 1.53 bits per heavy atom. The molecule has 0 saturated carbocycles. The lowest BCUT2D eigenvalue weighted by molar-refractivity contribution is 0.194. The van der Waals surface area contributed by atoms with Gasteiger partial charge in [-0.1, -0.05) is 11.6 Å². The summed E-state index contributed by atoms with van der Waals surface area (Å²) in [6.07, 6.45) is 1.71. The van der Waals surface area contributed by atoms with Gasteiger partial charge in [0.05, 0.1) is 5.02 Å². The van der Waals surface area contributed by atoms with Crippen LogP contribution in [0.5, 0.6) is 0 Å². The van der Waals surface area contributed by atoms with Crippen LogP contribution >= 0.6 is 23.2 Å². The minimum absolute atomic E-state index is 0.0619. The predicted molar refractivity (Wildman–Crippen MR) is 68.9 cm³/mol. The van der Waals surface area contributed by atoms with Gasteiger partial charge in [-0.2, -0.15) is 0 Å². The van der Waals surface area contributed by atoms with Crippen LogP contribution in [0.3, 0.4) is 0 Å². The standard InChI is InChI=1S/C11H13Cl2N3O/c1-8-7-15(5-6-16(8)11(13)17)10-9(12)3-2-4-14-10/h2-4,8H,5-7H2,1H3/t8-/m1/s1. The van der Waals surface area contributed by atoms with Crippen molar-refractivity contribution in [2.24, 2.45) is 0 Å². The normalized spacial score (nSPS) is 20.5. The van der Waals surface area contributed by atoms with E-state index in [9.17, 15) is 4.79 Å². The maximum absolute atomic E-state index is 11.2. The van der Waals surface area contributed by atoms with Gasteiger partial charge >= 0.3 is 5.37 Å². The van der Waals surface area contributed by atoms with E-state index in [1.54, 1.807) is 17.2 Å². The fraction of sp³-hybridized carbons (Fsp3) is 0.455. The van der Waals surface area contributed by atoms with Crippen LogP contribution in [0.15, 0.2) is 18.3 Å². The van der Waals surface area contributed by atoms with Crippen LogP contribution in [0.25, 0.3) is 0 Å². The Morgan fingerprint density at radius 3 is 2.88 bits per heavy atom. The third-order valence-corrected chi connectivity index (χ3v) is 3.40. The van der Waals surface area contributed by atoms with Gasteiger partial charge in [0.15, 0.2) is 0 Å². The van der Waals surface area contributed by atoms with E-state index in [4.69, 9.17) is 23.2 Å². The zero-order chi connectivity index (χ0) is 12.4. The highest BCUT2D eigenvalue weighted by atomic mass is 35.5. The van der Waals surface area contributed by atoms with Crippen molar-refractivity contribution < 1.29 is 4.79 Å². The van der Waals surface area contributed by atoms with E-state index in [2.05, 4.69) is 9.88 Å². The van der Waals surface area contributed by atoms with Crippen molar-refractivity contribution in [2.75, 3.05) is 24.5 Å². The molecule has 1 aromatic rings. The third-order valence-electron chi connectivity index (χ3n) is 2.89. The van der Waals surface area contributed by atoms with E-state index < -0.39 is 5.37 Å². The van der Waals surface area contributed by atoms with Crippen LogP contribution in [-0.4, -0.2) is 40.9 Å². The highest BCUT2D eigenvalue weighted by molar-refractivity contribution is 6.62. The quantitative estimate of drug-likeness (QED) is 0.583. The molecule has 92 valence electrons. The van der Waals surface area contributed by atoms with Crippen molar-refractivity contribution >= 4 is 34.4 Å². The molecule has 0 aromatic carbocycles. The molecule has 1 aromatic heterocycles. The van der Waals surface area contributed by atoms with Crippen LogP contribution in [0.1, 0.15) is 6.92 Å². The van der Waals surface area contributed by atoms with Gasteiger partial charge in [0, 0.05) is 31.9 Å². The summed E-state index contributed by atoms with van der Waals surface area (Å²) < 4.78 is 0. The minimum Gasteiger partial charge on any atom is -0.352 e. The van der Waals surface area contributed by atoms with Crippen LogP contribution in [0, 0.1) is 0 Å². The number of carbonyl (C=O) groups is 1. The number of piperazine rings is 1. The van der Waals surface area contributed by atoms with Crippen molar-refractivity contribution in [3.8, 4) is 0 Å². The fourth-order valence-corrected chi connectivity index (χ4v) is 2.51. The lowest BCUT2D eigenvalue weighted by atomic mass is 10.2. The Hall–Kier alpha value is -1.000. The molecule has 17 heavy (non-hydrogen) atoms. The van der Waals surface area contributed by atoms with Crippen molar-refractivity contribution in [1.29, 1.82) is 0 Å². The average molecular weight is 274 g/mol. The second-order valence-corrected chi connectivity index (χ2v) is 4.78. The third kappa shape index (κ3) is 2.64. The molecule has 0 N–H and O–H groups in total. The molecule has 1 amide bonds. The number of aromatic nitrogens is 1. The number of amides is 1. The molecule has 1 aliphatic heterocycles. The first-order valence-electron chi connectivity index (χ1n) is 5.41. The number of rotatable bonds is 1. The summed E-state index contributed by atoms with van der Waals surface area (Å²) in [5, 5.41) is 0.231. The number of carbonyl (C=O) groups excluding carboxylic acids is 1. The predicted octanol–water partition coefficient (Wildman–Crippen LogP) is 2.60. The first-order valence-corrected chi connectivity index (χ1v) is 6.16. The molecule has 2 heterocycles. The average Bonchev–Trinajstić information content (AvgIpc) is 2.29. The van der Waals surface area contributed by atoms with Crippen molar-refractivity contribution in [2.45, 2.75) is 13.0 Å². The number of hydrogen-bond acceptors (Lipinski definition) is 3. The molecule has 1 saturated heterocycles. The minimum atomic E-state index is -0.399. The molecule has 1 aliphatic rings. The number of anilines is 1. The van der Waals surface area contributed by atoms with Crippen molar-refractivity contribution in [3.05, 3.63) is 23.4 Å². The lowest BCUT2D eigenvalue weighted by Gasteiger charge is -2.39. The largest absolute Gasteiger partial charge is 0.352 e. The van der Waals surface area contributed by atoms with Gasteiger partial charge < -0.3 is 9.80 Å². The molecule has 0 bridgehead atoms. The van der Waals surface area contributed by atoms with Gasteiger partial charge in [0.1, 0.15) is 5.82 Å². The maximum atomic E-state index is 11.2. The van der Waals surface area contributed by atoms with E-state index in [1.807, 2.05) is 13.0 Å². The van der Waals surface area contributed by atoms with Gasteiger partial charge in [0.25, 0.3) is 0 Å². The summed E-state index contributed by atoms with van der Waals surface area (Å²) >= 11 is 11.6. The van der Waals surface area contributed by atoms with E-state index in [0.29, 0.717) is 24.7 Å². The summed E-state index contributed by atoms with van der Waals surface area (Å²) in [6, 6.07) is 3.67. The monoisotopic (exact) mass is 273 g/mol. The zero-order valence-corrected chi connectivity index (χ0v) is 10.9. The Labute approximate surface area is 110 Å². The Bertz CT molecular complexity index is 427. The van der Waals surface area contributed by atoms with E-state index in [1.165, 1.54) is 0 Å². The SMILES string of the molecule is C[C@@H]1CN(c2ncccc2Cl)CCN1C(=O)Cl. The Balaban J connectivity index is 2.12. The molecule has 0 unspecified atom stereocenters. The molecule has 2 rings (SSSR count). The molecule has 0 aliphatic carbocycles. The Kier molecular flexibility index (Phi) is 3.74. The summed E-state index contributed by atoms with van der Waals surface area (Å²) in [4.78, 5) is 19.1. The molecule has 6 heteroatoms. The molecule has 1 fully saturated rings. The molecule has 4 nitrogen and oxygen atoms in total. The topological polar surface area (TPSA) is 36.4 Å². The first kappa shape index (κ1) is 12.5. The molecular formula is C11H13Cl2N3O. The van der Waals surface area contributed by atoms with Crippen molar-refractivity contribution in [3.63, 3.8) is 0 Å². The van der Waals surface area contributed by atoms with E-state index in [0.717, 1.165) is 5.82 Å². The van der Waals surface area contributed by atoms with Gasteiger partial charge in [-0.05, 0) is 30.7 Å².